The molecule has 0 amide bonds. The van der Waals surface area contributed by atoms with Crippen molar-refractivity contribution in [2.75, 3.05) is 0 Å². The maximum atomic E-state index is 9.49. The second kappa shape index (κ2) is 13.0. The fourth-order valence-electron chi connectivity index (χ4n) is 3.51. The van der Waals surface area contributed by atoms with Crippen molar-refractivity contribution in [1.29, 1.82) is 0 Å². The Balaban J connectivity index is 0.000000501. The maximum absolute atomic E-state index is 9.49. The zero-order valence-corrected chi connectivity index (χ0v) is 20.0. The van der Waals surface area contributed by atoms with E-state index in [-0.39, 0.29) is 17.3 Å². The lowest BCUT2D eigenvalue weighted by molar-refractivity contribution is -0.305. The molecule has 31 heavy (non-hydrogen) atoms. The molecule has 0 unspecified atom stereocenters. The lowest BCUT2D eigenvalue weighted by atomic mass is 10.0. The molecule has 3 aromatic carbocycles. The number of carboxylic acids is 1. The summed E-state index contributed by atoms with van der Waals surface area (Å²) in [6.07, 6.45) is 4.12. The van der Waals surface area contributed by atoms with Crippen LogP contribution in [0.1, 0.15) is 57.2 Å². The summed E-state index contributed by atoms with van der Waals surface area (Å²) in [6, 6.07) is 26.9. The molecular weight excluding hydrogens is 400 g/mol. The molecule has 0 N–H and O–H groups in total. The first-order chi connectivity index (χ1) is 15.0. The highest BCUT2D eigenvalue weighted by molar-refractivity contribution is 7.97. The molecule has 0 bridgehead atoms. The van der Waals surface area contributed by atoms with E-state index in [1.54, 1.807) is 11.8 Å². The number of aliphatic carboxylic acids is 1. The highest BCUT2D eigenvalue weighted by Crippen LogP contribution is 2.36. The smallest absolute Gasteiger partial charge is 0.172 e. The van der Waals surface area contributed by atoms with E-state index in [0.717, 1.165) is 19.3 Å². The molecule has 2 nitrogen and oxygen atoms in total. The zero-order chi connectivity index (χ0) is 22.6. The van der Waals surface area contributed by atoms with Crippen molar-refractivity contribution in [2.24, 2.45) is 0 Å². The molecule has 3 heteroatoms. The third-order valence-electron chi connectivity index (χ3n) is 5.09. The number of hydrogen-bond acceptors (Lipinski definition) is 2. The van der Waals surface area contributed by atoms with Gasteiger partial charge in [-0.15, -0.1) is 0 Å². The Hall–Kier alpha value is -2.52. The van der Waals surface area contributed by atoms with Crippen LogP contribution in [0, 0.1) is 0 Å². The van der Waals surface area contributed by atoms with Gasteiger partial charge in [0.1, 0.15) is 0 Å². The SMILES string of the molecule is CCCC(=O)[O-].CCc1cc(CC)c([S+](c2ccccc2)c2ccccc2)c(CC)c1. The summed E-state index contributed by atoms with van der Waals surface area (Å²) in [7, 11) is -0.0478. The van der Waals surface area contributed by atoms with Gasteiger partial charge in [0.15, 0.2) is 14.7 Å². The van der Waals surface area contributed by atoms with Gasteiger partial charge in [-0.25, -0.2) is 0 Å². The highest BCUT2D eigenvalue weighted by Gasteiger charge is 2.33. The van der Waals surface area contributed by atoms with Crippen LogP contribution in [-0.2, 0) is 35.0 Å². The van der Waals surface area contributed by atoms with Crippen LogP contribution in [0.25, 0.3) is 0 Å². The Bertz CT molecular complexity index is 871. The molecule has 0 spiro atoms. The lowest BCUT2D eigenvalue weighted by Crippen LogP contribution is -2.20. The van der Waals surface area contributed by atoms with Crippen molar-refractivity contribution in [2.45, 2.75) is 74.5 Å². The van der Waals surface area contributed by atoms with E-state index in [9.17, 15) is 9.90 Å². The van der Waals surface area contributed by atoms with Crippen LogP contribution in [0.15, 0.2) is 87.5 Å². The molecule has 0 aliphatic heterocycles. The zero-order valence-electron chi connectivity index (χ0n) is 19.2. The van der Waals surface area contributed by atoms with Crippen molar-refractivity contribution in [3.05, 3.63) is 89.5 Å². The van der Waals surface area contributed by atoms with Crippen molar-refractivity contribution >= 4 is 16.9 Å². The third-order valence-corrected chi connectivity index (χ3v) is 7.51. The molecule has 0 aliphatic carbocycles. The lowest BCUT2D eigenvalue weighted by Gasteiger charge is -2.16. The molecule has 0 saturated heterocycles. The van der Waals surface area contributed by atoms with Crippen molar-refractivity contribution in [3.8, 4) is 0 Å². The first kappa shape index (κ1) is 24.7. The quantitative estimate of drug-likeness (QED) is 0.408. The van der Waals surface area contributed by atoms with Crippen LogP contribution in [0.5, 0.6) is 0 Å². The van der Waals surface area contributed by atoms with E-state index >= 15 is 0 Å². The molecular formula is C28H34O2S. The Labute approximate surface area is 190 Å². The molecule has 0 radical (unpaired) electrons. The predicted molar refractivity (Wildman–Crippen MR) is 130 cm³/mol. The van der Waals surface area contributed by atoms with Gasteiger partial charge in [0.2, 0.25) is 0 Å². The molecule has 0 aliphatic rings. The second-order valence-electron chi connectivity index (χ2n) is 7.36. The Morgan fingerprint density at radius 2 is 1.19 bits per heavy atom. The van der Waals surface area contributed by atoms with Gasteiger partial charge in [0, 0.05) is 17.1 Å². The van der Waals surface area contributed by atoms with Crippen molar-refractivity contribution < 1.29 is 9.90 Å². The summed E-state index contributed by atoms with van der Waals surface area (Å²) >= 11 is 0. The second-order valence-corrected chi connectivity index (χ2v) is 9.32. The van der Waals surface area contributed by atoms with Crippen molar-refractivity contribution in [3.63, 3.8) is 0 Å². The molecule has 0 aromatic heterocycles. The summed E-state index contributed by atoms with van der Waals surface area (Å²) in [5.74, 6) is -0.961. The van der Waals surface area contributed by atoms with Gasteiger partial charge in [-0.2, -0.15) is 0 Å². The fourth-order valence-corrected chi connectivity index (χ4v) is 6.04. The topological polar surface area (TPSA) is 40.1 Å². The average Bonchev–Trinajstić information content (AvgIpc) is 2.81. The molecule has 164 valence electrons. The average molecular weight is 435 g/mol. The largest absolute Gasteiger partial charge is 0.550 e. The minimum Gasteiger partial charge on any atom is -0.550 e. The monoisotopic (exact) mass is 434 g/mol. The summed E-state index contributed by atoms with van der Waals surface area (Å²) in [4.78, 5) is 13.8. The number of aryl methyl sites for hydroxylation is 3. The standard InChI is InChI=1S/C24H27S.C4H8O2/c1-4-19-17-20(5-2)24(21(6-3)18-19)25(22-13-9-7-10-14-22)23-15-11-8-12-16-23;1-2-3-4(5)6/h7-18H,4-6H2,1-3H3;2-3H2,1H3,(H,5,6)/q+1;/p-1. The predicted octanol–water partition coefficient (Wildman–Crippen LogP) is 6.01. The number of carbonyl (C=O) groups is 1. The normalized spacial score (nSPS) is 10.5. The molecule has 0 heterocycles. The number of carboxylic acid groups (broad SMARTS) is 1. The highest BCUT2D eigenvalue weighted by atomic mass is 32.2. The van der Waals surface area contributed by atoms with Crippen LogP contribution in [0.3, 0.4) is 0 Å². The fraction of sp³-hybridized carbons (Fsp3) is 0.321. The summed E-state index contributed by atoms with van der Waals surface area (Å²) in [6.45, 7) is 8.63. The van der Waals surface area contributed by atoms with E-state index in [0.29, 0.717) is 6.42 Å². The summed E-state index contributed by atoms with van der Waals surface area (Å²) in [5.41, 5.74) is 4.47. The van der Waals surface area contributed by atoms with Gasteiger partial charge in [0.05, 0.1) is 10.9 Å². The first-order valence-electron chi connectivity index (χ1n) is 11.2. The van der Waals surface area contributed by atoms with E-state index in [2.05, 4.69) is 93.6 Å². The number of hydrogen-bond donors (Lipinski definition) is 0. The minimum atomic E-state index is -0.961. The van der Waals surface area contributed by atoms with E-state index in [1.807, 2.05) is 0 Å². The number of rotatable bonds is 8. The minimum absolute atomic E-state index is 0.0478. The van der Waals surface area contributed by atoms with Crippen LogP contribution >= 0.6 is 0 Å². The van der Waals surface area contributed by atoms with E-state index in [4.69, 9.17) is 0 Å². The van der Waals surface area contributed by atoms with Crippen molar-refractivity contribution in [1.82, 2.24) is 0 Å². The Morgan fingerprint density at radius 1 is 0.742 bits per heavy atom. The summed E-state index contributed by atoms with van der Waals surface area (Å²) in [5, 5.41) is 9.49. The molecule has 0 atom stereocenters. The van der Waals surface area contributed by atoms with Gasteiger partial charge in [-0.05, 0) is 55.5 Å². The van der Waals surface area contributed by atoms with Crippen LogP contribution < -0.4 is 5.11 Å². The van der Waals surface area contributed by atoms with Gasteiger partial charge >= 0.3 is 0 Å². The van der Waals surface area contributed by atoms with Gasteiger partial charge in [-0.1, -0.05) is 82.6 Å². The molecule has 3 aromatic rings. The maximum Gasteiger partial charge on any atom is 0.172 e. The third kappa shape index (κ3) is 7.00. The molecule has 0 saturated carbocycles. The van der Waals surface area contributed by atoms with E-state index in [1.165, 1.54) is 26.5 Å². The molecule has 0 fully saturated rings. The Morgan fingerprint density at radius 3 is 1.48 bits per heavy atom. The van der Waals surface area contributed by atoms with E-state index < -0.39 is 5.97 Å². The first-order valence-corrected chi connectivity index (χ1v) is 12.5. The number of carbonyl (C=O) groups excluding carboxylic acids is 1. The van der Waals surface area contributed by atoms with Crippen LogP contribution in [-0.4, -0.2) is 5.97 Å². The Kier molecular flexibility index (Phi) is 10.4. The van der Waals surface area contributed by atoms with Gasteiger partial charge in [-0.3, -0.25) is 0 Å². The molecule has 3 rings (SSSR count). The van der Waals surface area contributed by atoms with Gasteiger partial charge in [0.25, 0.3) is 0 Å². The van der Waals surface area contributed by atoms with Crippen LogP contribution in [0.4, 0.5) is 0 Å². The summed E-state index contributed by atoms with van der Waals surface area (Å²) < 4.78 is 0. The van der Waals surface area contributed by atoms with Gasteiger partial charge < -0.3 is 9.90 Å². The van der Waals surface area contributed by atoms with Crippen LogP contribution in [0.2, 0.25) is 0 Å². The number of benzene rings is 3.